The predicted octanol–water partition coefficient (Wildman–Crippen LogP) is 1.09. The Kier molecular flexibility index (Phi) is 5.79. The summed E-state index contributed by atoms with van der Waals surface area (Å²) in [7, 11) is -0.516. The number of nitrogens with one attached hydrogen (secondary N) is 1. The molecule has 0 radical (unpaired) electrons. The first-order valence-electron chi connectivity index (χ1n) is 6.53. The molecule has 7 heteroatoms. The summed E-state index contributed by atoms with van der Waals surface area (Å²) in [6.07, 6.45) is 0.988. The molecule has 20 heavy (non-hydrogen) atoms. The maximum atomic E-state index is 12.0. The zero-order chi connectivity index (χ0) is 15.3. The van der Waals surface area contributed by atoms with Gasteiger partial charge in [0.2, 0.25) is 10.0 Å². The minimum absolute atomic E-state index is 0.166. The SMILES string of the molecule is CCC(O)CCNc1ccc(S(=O)(=O)N(C)C)cc1N. The van der Waals surface area contributed by atoms with E-state index in [2.05, 4.69) is 5.32 Å². The van der Waals surface area contributed by atoms with Gasteiger partial charge in [-0.3, -0.25) is 0 Å². The summed E-state index contributed by atoms with van der Waals surface area (Å²) in [6, 6.07) is 4.60. The van der Waals surface area contributed by atoms with E-state index < -0.39 is 10.0 Å². The van der Waals surface area contributed by atoms with Crippen molar-refractivity contribution in [1.82, 2.24) is 4.31 Å². The summed E-state index contributed by atoms with van der Waals surface area (Å²) in [5.41, 5.74) is 6.91. The second-order valence-corrected chi connectivity index (χ2v) is 6.97. The third kappa shape index (κ3) is 4.09. The van der Waals surface area contributed by atoms with Crippen LogP contribution in [0.5, 0.6) is 0 Å². The van der Waals surface area contributed by atoms with Crippen molar-refractivity contribution in [3.8, 4) is 0 Å². The number of nitrogen functional groups attached to an aromatic ring is 1. The van der Waals surface area contributed by atoms with Gasteiger partial charge in [-0.15, -0.1) is 0 Å². The molecule has 6 nitrogen and oxygen atoms in total. The van der Waals surface area contributed by atoms with E-state index in [1.165, 1.54) is 26.2 Å². The number of aliphatic hydroxyl groups excluding tert-OH is 1. The van der Waals surface area contributed by atoms with Crippen molar-refractivity contribution in [1.29, 1.82) is 0 Å². The Labute approximate surface area is 120 Å². The summed E-state index contributed by atoms with van der Waals surface area (Å²) in [4.78, 5) is 0.166. The normalized spacial score (nSPS) is 13.4. The van der Waals surface area contributed by atoms with Gasteiger partial charge in [-0.1, -0.05) is 6.92 Å². The molecule has 0 saturated carbocycles. The largest absolute Gasteiger partial charge is 0.397 e. The molecule has 114 valence electrons. The van der Waals surface area contributed by atoms with E-state index in [9.17, 15) is 13.5 Å². The van der Waals surface area contributed by atoms with Crippen LogP contribution in [0.1, 0.15) is 19.8 Å². The van der Waals surface area contributed by atoms with Gasteiger partial charge in [0, 0.05) is 20.6 Å². The number of nitrogens with two attached hydrogens (primary N) is 1. The lowest BCUT2D eigenvalue weighted by Crippen LogP contribution is -2.22. The first-order chi connectivity index (χ1) is 9.28. The molecule has 0 aromatic heterocycles. The maximum Gasteiger partial charge on any atom is 0.242 e. The second-order valence-electron chi connectivity index (χ2n) is 4.81. The Morgan fingerprint density at radius 1 is 1.40 bits per heavy atom. The predicted molar refractivity (Wildman–Crippen MR) is 81.1 cm³/mol. The molecule has 0 aliphatic heterocycles. The first-order valence-corrected chi connectivity index (χ1v) is 7.97. The van der Waals surface area contributed by atoms with Crippen molar-refractivity contribution < 1.29 is 13.5 Å². The minimum atomic E-state index is -3.47. The zero-order valence-corrected chi connectivity index (χ0v) is 12.9. The van der Waals surface area contributed by atoms with Crippen LogP contribution in [-0.4, -0.2) is 44.6 Å². The Balaban J connectivity index is 2.79. The van der Waals surface area contributed by atoms with Gasteiger partial charge in [0.25, 0.3) is 0 Å². The minimum Gasteiger partial charge on any atom is -0.397 e. The molecular weight excluding hydrogens is 278 g/mol. The lowest BCUT2D eigenvalue weighted by atomic mass is 10.2. The summed E-state index contributed by atoms with van der Waals surface area (Å²) < 4.78 is 25.1. The summed E-state index contributed by atoms with van der Waals surface area (Å²) >= 11 is 0. The van der Waals surface area contributed by atoms with Crippen molar-refractivity contribution in [2.45, 2.75) is 30.8 Å². The molecule has 0 aliphatic carbocycles. The van der Waals surface area contributed by atoms with E-state index in [0.717, 1.165) is 4.31 Å². The highest BCUT2D eigenvalue weighted by molar-refractivity contribution is 7.89. The Morgan fingerprint density at radius 3 is 2.55 bits per heavy atom. The first kappa shape index (κ1) is 16.7. The summed E-state index contributed by atoms with van der Waals surface area (Å²) in [5.74, 6) is 0. The lowest BCUT2D eigenvalue weighted by molar-refractivity contribution is 0.164. The zero-order valence-electron chi connectivity index (χ0n) is 12.1. The van der Waals surface area contributed by atoms with Crippen molar-refractivity contribution in [3.63, 3.8) is 0 Å². The molecule has 0 heterocycles. The van der Waals surface area contributed by atoms with Crippen molar-refractivity contribution >= 4 is 21.4 Å². The van der Waals surface area contributed by atoms with Crippen LogP contribution in [0.25, 0.3) is 0 Å². The molecule has 1 rings (SSSR count). The van der Waals surface area contributed by atoms with Gasteiger partial charge in [-0.05, 0) is 31.0 Å². The van der Waals surface area contributed by atoms with Gasteiger partial charge < -0.3 is 16.2 Å². The van der Waals surface area contributed by atoms with E-state index >= 15 is 0 Å². The molecule has 1 unspecified atom stereocenters. The second kappa shape index (κ2) is 6.92. The van der Waals surface area contributed by atoms with Crippen LogP contribution >= 0.6 is 0 Å². The van der Waals surface area contributed by atoms with Crippen LogP contribution < -0.4 is 11.1 Å². The number of anilines is 2. The quantitative estimate of drug-likeness (QED) is 0.655. The maximum absolute atomic E-state index is 12.0. The average molecular weight is 301 g/mol. The third-order valence-electron chi connectivity index (χ3n) is 3.07. The number of benzene rings is 1. The molecule has 0 saturated heterocycles. The highest BCUT2D eigenvalue weighted by Crippen LogP contribution is 2.24. The van der Waals surface area contributed by atoms with E-state index in [4.69, 9.17) is 5.73 Å². The summed E-state index contributed by atoms with van der Waals surface area (Å²) in [6.45, 7) is 2.50. The smallest absolute Gasteiger partial charge is 0.242 e. The van der Waals surface area contributed by atoms with Crippen LogP contribution in [0.4, 0.5) is 11.4 Å². The molecule has 1 atom stereocenters. The summed E-state index contributed by atoms with van der Waals surface area (Å²) in [5, 5.41) is 12.6. The number of hydrogen-bond donors (Lipinski definition) is 3. The standard InChI is InChI=1S/C13H23N3O3S/c1-4-10(17)7-8-15-13-6-5-11(9-12(13)14)20(18,19)16(2)3/h5-6,9-10,15,17H,4,7-8,14H2,1-3H3. The van der Waals surface area contributed by atoms with E-state index in [1.54, 1.807) is 6.07 Å². The van der Waals surface area contributed by atoms with Crippen molar-refractivity contribution in [2.75, 3.05) is 31.7 Å². The molecule has 1 aromatic carbocycles. The van der Waals surface area contributed by atoms with Crippen LogP contribution in [0.15, 0.2) is 23.1 Å². The van der Waals surface area contributed by atoms with Crippen LogP contribution in [0.2, 0.25) is 0 Å². The highest BCUT2D eigenvalue weighted by Gasteiger charge is 2.18. The van der Waals surface area contributed by atoms with Crippen LogP contribution in [-0.2, 0) is 10.0 Å². The number of sulfonamides is 1. The van der Waals surface area contributed by atoms with E-state index in [0.29, 0.717) is 30.8 Å². The van der Waals surface area contributed by atoms with Gasteiger partial charge in [0.15, 0.2) is 0 Å². The molecule has 0 amide bonds. The fourth-order valence-corrected chi connectivity index (χ4v) is 2.59. The van der Waals surface area contributed by atoms with E-state index in [1.807, 2.05) is 6.92 Å². The van der Waals surface area contributed by atoms with E-state index in [-0.39, 0.29) is 11.0 Å². The number of rotatable bonds is 7. The molecular formula is C13H23N3O3S. The van der Waals surface area contributed by atoms with Gasteiger partial charge in [0.1, 0.15) is 0 Å². The topological polar surface area (TPSA) is 95.7 Å². The molecule has 0 bridgehead atoms. The van der Waals surface area contributed by atoms with Crippen LogP contribution in [0.3, 0.4) is 0 Å². The van der Waals surface area contributed by atoms with Crippen molar-refractivity contribution in [3.05, 3.63) is 18.2 Å². The monoisotopic (exact) mass is 301 g/mol. The lowest BCUT2D eigenvalue weighted by Gasteiger charge is -2.15. The van der Waals surface area contributed by atoms with Crippen LogP contribution in [0, 0.1) is 0 Å². The molecule has 0 aliphatic rings. The Bertz CT molecular complexity index is 544. The third-order valence-corrected chi connectivity index (χ3v) is 4.88. The Morgan fingerprint density at radius 2 is 2.05 bits per heavy atom. The average Bonchev–Trinajstić information content (AvgIpc) is 2.39. The fraction of sp³-hybridized carbons (Fsp3) is 0.538. The number of hydrogen-bond acceptors (Lipinski definition) is 5. The van der Waals surface area contributed by atoms with Gasteiger partial charge in [0.05, 0.1) is 22.4 Å². The van der Waals surface area contributed by atoms with Crippen molar-refractivity contribution in [2.24, 2.45) is 0 Å². The van der Waals surface area contributed by atoms with Gasteiger partial charge in [-0.2, -0.15) is 0 Å². The molecule has 1 aromatic rings. The Hall–Kier alpha value is -1.31. The van der Waals surface area contributed by atoms with Gasteiger partial charge in [-0.25, -0.2) is 12.7 Å². The number of nitrogens with zero attached hydrogens (tertiary/aromatic N) is 1. The molecule has 0 fully saturated rings. The van der Waals surface area contributed by atoms with Gasteiger partial charge >= 0.3 is 0 Å². The number of aliphatic hydroxyl groups is 1. The fourth-order valence-electron chi connectivity index (χ4n) is 1.65. The molecule has 4 N–H and O–H groups in total. The highest BCUT2D eigenvalue weighted by atomic mass is 32.2. The molecule has 0 spiro atoms.